The quantitative estimate of drug-likeness (QED) is 0.814. The summed E-state index contributed by atoms with van der Waals surface area (Å²) in [6, 6.07) is 3.29. The second kappa shape index (κ2) is 6.79. The Morgan fingerprint density at radius 3 is 2.44 bits per heavy atom. The highest BCUT2D eigenvalue weighted by molar-refractivity contribution is 5.92. The summed E-state index contributed by atoms with van der Waals surface area (Å²) in [6.45, 7) is 7.99. The molecule has 1 atom stereocenters. The van der Waals surface area contributed by atoms with Crippen LogP contribution in [0.2, 0.25) is 0 Å². The molecule has 0 aromatic carbocycles. The average molecular weight is 344 g/mol. The van der Waals surface area contributed by atoms with Crippen LogP contribution in [0.5, 0.6) is 0 Å². The number of amides is 1. The molecule has 0 unspecified atom stereocenters. The number of aromatic nitrogens is 3. The van der Waals surface area contributed by atoms with Crippen molar-refractivity contribution in [2.45, 2.75) is 26.8 Å². The molecule has 1 fully saturated rings. The Hall–Kier alpha value is -2.48. The van der Waals surface area contributed by atoms with Gasteiger partial charge in [-0.2, -0.15) is 0 Å². The van der Waals surface area contributed by atoms with Crippen LogP contribution in [0.15, 0.2) is 18.3 Å². The summed E-state index contributed by atoms with van der Waals surface area (Å²) in [6.07, 6.45) is 1.54. The number of hydrogen-bond acceptors (Lipinski definition) is 6. The summed E-state index contributed by atoms with van der Waals surface area (Å²) >= 11 is 0. The molecule has 8 heteroatoms. The van der Waals surface area contributed by atoms with Crippen LogP contribution >= 0.6 is 0 Å². The lowest BCUT2D eigenvalue weighted by atomic mass is 10.0. The molecule has 2 aromatic heterocycles. The number of imidazole rings is 1. The lowest BCUT2D eigenvalue weighted by molar-refractivity contribution is -0.133. The van der Waals surface area contributed by atoms with E-state index in [0.717, 1.165) is 5.82 Å². The first-order valence-corrected chi connectivity index (χ1v) is 8.53. The number of anilines is 1. The molecule has 1 aliphatic heterocycles. The van der Waals surface area contributed by atoms with Gasteiger partial charge in [0.05, 0.1) is 12.2 Å². The molecule has 0 spiro atoms. The number of piperazine rings is 1. The van der Waals surface area contributed by atoms with Gasteiger partial charge in [-0.15, -0.1) is 5.10 Å². The van der Waals surface area contributed by atoms with E-state index in [2.05, 4.69) is 15.0 Å². The third-order valence-electron chi connectivity index (χ3n) is 4.63. The van der Waals surface area contributed by atoms with Crippen molar-refractivity contribution in [3.05, 3.63) is 24.0 Å². The van der Waals surface area contributed by atoms with Crippen LogP contribution in [-0.4, -0.2) is 63.4 Å². The van der Waals surface area contributed by atoms with Gasteiger partial charge in [0.15, 0.2) is 11.4 Å². The Morgan fingerprint density at radius 2 is 1.84 bits per heavy atom. The van der Waals surface area contributed by atoms with Gasteiger partial charge in [-0.3, -0.25) is 9.59 Å². The largest absolute Gasteiger partial charge is 0.352 e. The Labute approximate surface area is 146 Å². The predicted octanol–water partition coefficient (Wildman–Crippen LogP) is 0.564. The van der Waals surface area contributed by atoms with Crippen LogP contribution < -0.4 is 10.6 Å². The number of carbonyl (C=O) groups excluding carboxylic acids is 2. The fraction of sp³-hybridized carbons (Fsp3) is 0.529. The van der Waals surface area contributed by atoms with Crippen LogP contribution in [0.3, 0.4) is 0 Å². The normalized spacial score (nSPS) is 16.5. The van der Waals surface area contributed by atoms with Gasteiger partial charge in [0.1, 0.15) is 11.5 Å². The molecule has 8 nitrogen and oxygen atoms in total. The minimum Gasteiger partial charge on any atom is -0.352 e. The summed E-state index contributed by atoms with van der Waals surface area (Å²) in [5.74, 6) is 0.830. The number of rotatable bonds is 4. The zero-order valence-electron chi connectivity index (χ0n) is 14.8. The maximum absolute atomic E-state index is 12.4. The van der Waals surface area contributed by atoms with E-state index >= 15 is 0 Å². The number of nitrogens with zero attached hydrogens (tertiary/aromatic N) is 5. The van der Waals surface area contributed by atoms with Gasteiger partial charge in [-0.25, -0.2) is 9.50 Å². The van der Waals surface area contributed by atoms with Crippen LogP contribution in [0.25, 0.3) is 5.65 Å². The zero-order valence-corrected chi connectivity index (χ0v) is 14.8. The van der Waals surface area contributed by atoms with Crippen molar-refractivity contribution < 1.29 is 9.59 Å². The monoisotopic (exact) mass is 344 g/mol. The molecule has 25 heavy (non-hydrogen) atoms. The van der Waals surface area contributed by atoms with Gasteiger partial charge in [0.2, 0.25) is 5.91 Å². The highest BCUT2D eigenvalue weighted by Gasteiger charge is 2.27. The second-order valence-corrected chi connectivity index (χ2v) is 6.74. The molecule has 1 amide bonds. The summed E-state index contributed by atoms with van der Waals surface area (Å²) in [4.78, 5) is 32.1. The Bertz CT molecular complexity index is 792. The van der Waals surface area contributed by atoms with Gasteiger partial charge < -0.3 is 15.5 Å². The molecule has 2 aromatic rings. The fourth-order valence-corrected chi connectivity index (χ4v) is 2.92. The van der Waals surface area contributed by atoms with Crippen molar-refractivity contribution >= 4 is 23.2 Å². The summed E-state index contributed by atoms with van der Waals surface area (Å²) in [7, 11) is 0. The standard InChI is InChI=1S/C17H24N6O2/c1-11(2)16(18)17(25)22-8-6-21(7-9-22)15-5-4-14-19-10-13(12(3)24)23(14)20-15/h4-5,10-11,16H,6-9,18H2,1-3H3/t16-/m0/s1. The summed E-state index contributed by atoms with van der Waals surface area (Å²) in [5.41, 5.74) is 7.08. The molecule has 2 N–H and O–H groups in total. The van der Waals surface area contributed by atoms with Gasteiger partial charge >= 0.3 is 0 Å². The first kappa shape index (κ1) is 17.3. The Morgan fingerprint density at radius 1 is 1.16 bits per heavy atom. The van der Waals surface area contributed by atoms with Crippen molar-refractivity contribution in [2.24, 2.45) is 11.7 Å². The van der Waals surface area contributed by atoms with E-state index in [1.165, 1.54) is 6.92 Å². The Balaban J connectivity index is 1.73. The lowest BCUT2D eigenvalue weighted by Gasteiger charge is -2.36. The zero-order chi connectivity index (χ0) is 18.1. The number of Topliss-reactive ketones (excluding diaryl/α,β-unsaturated/α-hetero) is 1. The minimum absolute atomic E-state index is 0.00605. The van der Waals surface area contributed by atoms with Crippen LogP contribution in [0.1, 0.15) is 31.3 Å². The molecule has 0 aliphatic carbocycles. The molecule has 0 bridgehead atoms. The minimum atomic E-state index is -0.454. The maximum Gasteiger partial charge on any atom is 0.239 e. The van der Waals surface area contributed by atoms with E-state index in [4.69, 9.17) is 5.73 Å². The molecule has 0 radical (unpaired) electrons. The molecule has 0 saturated carbocycles. The predicted molar refractivity (Wildman–Crippen MR) is 94.6 cm³/mol. The van der Waals surface area contributed by atoms with Gasteiger partial charge in [0.25, 0.3) is 0 Å². The van der Waals surface area contributed by atoms with Crippen LogP contribution in [-0.2, 0) is 4.79 Å². The van der Waals surface area contributed by atoms with Crippen LogP contribution in [0.4, 0.5) is 5.82 Å². The second-order valence-electron chi connectivity index (χ2n) is 6.74. The summed E-state index contributed by atoms with van der Waals surface area (Å²) in [5, 5.41) is 4.54. The van der Waals surface area contributed by atoms with Crippen LogP contribution in [0, 0.1) is 5.92 Å². The molecule has 3 heterocycles. The van der Waals surface area contributed by atoms with Gasteiger partial charge in [0, 0.05) is 33.1 Å². The third kappa shape index (κ3) is 3.34. The van der Waals surface area contributed by atoms with Crippen molar-refractivity contribution in [3.63, 3.8) is 0 Å². The molecule has 134 valence electrons. The number of nitrogens with two attached hydrogens (primary N) is 1. The lowest BCUT2D eigenvalue weighted by Crippen LogP contribution is -2.54. The van der Waals surface area contributed by atoms with Crippen molar-refractivity contribution in [3.8, 4) is 0 Å². The molecular formula is C17H24N6O2. The highest BCUT2D eigenvalue weighted by atomic mass is 16.2. The molecular weight excluding hydrogens is 320 g/mol. The van der Waals surface area contributed by atoms with E-state index in [0.29, 0.717) is 37.5 Å². The van der Waals surface area contributed by atoms with E-state index in [1.807, 2.05) is 30.9 Å². The summed E-state index contributed by atoms with van der Waals surface area (Å²) < 4.78 is 1.57. The van der Waals surface area contributed by atoms with E-state index in [9.17, 15) is 9.59 Å². The molecule has 1 aliphatic rings. The van der Waals surface area contributed by atoms with E-state index in [1.54, 1.807) is 10.7 Å². The number of hydrogen-bond donors (Lipinski definition) is 1. The van der Waals surface area contributed by atoms with Crippen molar-refractivity contribution in [1.82, 2.24) is 19.5 Å². The first-order valence-electron chi connectivity index (χ1n) is 8.53. The van der Waals surface area contributed by atoms with Crippen molar-refractivity contribution in [1.29, 1.82) is 0 Å². The SMILES string of the molecule is CC(=O)c1cnc2ccc(N3CCN(C(=O)[C@@H](N)C(C)C)CC3)nn12. The van der Waals surface area contributed by atoms with Gasteiger partial charge in [-0.1, -0.05) is 13.8 Å². The number of ketones is 1. The van der Waals surface area contributed by atoms with E-state index < -0.39 is 6.04 Å². The van der Waals surface area contributed by atoms with E-state index in [-0.39, 0.29) is 17.6 Å². The molecule has 3 rings (SSSR count). The molecule has 1 saturated heterocycles. The fourth-order valence-electron chi connectivity index (χ4n) is 2.92. The third-order valence-corrected chi connectivity index (χ3v) is 4.63. The van der Waals surface area contributed by atoms with Gasteiger partial charge in [-0.05, 0) is 18.1 Å². The highest BCUT2D eigenvalue weighted by Crippen LogP contribution is 2.16. The first-order chi connectivity index (χ1) is 11.9. The topological polar surface area (TPSA) is 96.8 Å². The number of fused-ring (bicyclic) bond motifs is 1. The van der Waals surface area contributed by atoms with Crippen molar-refractivity contribution in [2.75, 3.05) is 31.1 Å². The number of carbonyl (C=O) groups is 2. The average Bonchev–Trinajstić information content (AvgIpc) is 3.03. The maximum atomic E-state index is 12.4. The smallest absolute Gasteiger partial charge is 0.239 e. The Kier molecular flexibility index (Phi) is 4.71.